The second-order valence-electron chi connectivity index (χ2n) is 6.67. The Morgan fingerprint density at radius 3 is 2.57 bits per heavy atom. The number of amidine groups is 1. The van der Waals surface area contributed by atoms with Gasteiger partial charge in [-0.05, 0) is 76.0 Å². The van der Waals surface area contributed by atoms with E-state index < -0.39 is 0 Å². The lowest BCUT2D eigenvalue weighted by atomic mass is 9.90. The van der Waals surface area contributed by atoms with Gasteiger partial charge in [0, 0.05) is 15.8 Å². The molecule has 0 atom stereocenters. The minimum atomic E-state index is -0.233. The number of nitrogens with zero attached hydrogens (tertiary/aromatic N) is 1. The molecule has 1 heterocycles. The molecule has 3 aromatic rings. The lowest BCUT2D eigenvalue weighted by molar-refractivity contribution is 0.0981. The molecule has 0 spiro atoms. The molecule has 0 fully saturated rings. The fourth-order valence-corrected chi connectivity index (χ4v) is 3.91. The zero-order valence-electron chi connectivity index (χ0n) is 14.9. The molecule has 0 bridgehead atoms. The third-order valence-electron chi connectivity index (χ3n) is 4.95. The monoisotopic (exact) mass is 483 g/mol. The number of benzene rings is 3. The van der Waals surface area contributed by atoms with Gasteiger partial charge in [0.15, 0.2) is 0 Å². The summed E-state index contributed by atoms with van der Waals surface area (Å²) in [4.78, 5) is 15.1. The Hall–Kier alpha value is -2.87. The van der Waals surface area contributed by atoms with Gasteiger partial charge < -0.3 is 15.7 Å². The SMILES string of the molecule is N=C(N)c1cc(N2CCc3cccc(-c4ccc(I)cc4)c3C2=O)ccc1O. The molecule has 1 aliphatic rings. The summed E-state index contributed by atoms with van der Waals surface area (Å²) in [6.45, 7) is 0.532. The summed E-state index contributed by atoms with van der Waals surface area (Å²) in [6.07, 6.45) is 0.732. The van der Waals surface area contributed by atoms with E-state index in [-0.39, 0.29) is 23.1 Å². The molecule has 0 saturated heterocycles. The van der Waals surface area contributed by atoms with Crippen LogP contribution < -0.4 is 10.6 Å². The van der Waals surface area contributed by atoms with Crippen LogP contribution in [-0.4, -0.2) is 23.4 Å². The summed E-state index contributed by atoms with van der Waals surface area (Å²) in [5.74, 6) is -0.389. The van der Waals surface area contributed by atoms with Crippen molar-refractivity contribution in [3.8, 4) is 16.9 Å². The molecule has 5 nitrogen and oxygen atoms in total. The van der Waals surface area contributed by atoms with Crippen LogP contribution in [0, 0.1) is 8.98 Å². The number of nitrogen functional groups attached to an aromatic ring is 1. The third kappa shape index (κ3) is 3.24. The molecule has 4 N–H and O–H groups in total. The van der Waals surface area contributed by atoms with Crippen LogP contribution in [0.15, 0.2) is 60.7 Å². The number of anilines is 1. The van der Waals surface area contributed by atoms with E-state index in [0.29, 0.717) is 17.8 Å². The first-order chi connectivity index (χ1) is 13.5. The first-order valence-corrected chi connectivity index (χ1v) is 9.90. The predicted octanol–water partition coefficient (Wildman–Crippen LogP) is 4.15. The largest absolute Gasteiger partial charge is 0.507 e. The number of halogens is 1. The van der Waals surface area contributed by atoms with Crippen LogP contribution in [0.4, 0.5) is 5.69 Å². The minimum Gasteiger partial charge on any atom is -0.507 e. The van der Waals surface area contributed by atoms with Gasteiger partial charge in [0.05, 0.1) is 11.1 Å². The average molecular weight is 483 g/mol. The minimum absolute atomic E-state index is 0.0688. The van der Waals surface area contributed by atoms with Crippen LogP contribution in [-0.2, 0) is 6.42 Å². The summed E-state index contributed by atoms with van der Waals surface area (Å²) >= 11 is 2.26. The Morgan fingerprint density at radius 2 is 1.86 bits per heavy atom. The number of rotatable bonds is 3. The molecule has 140 valence electrons. The normalized spacial score (nSPS) is 13.3. The van der Waals surface area contributed by atoms with Crippen molar-refractivity contribution in [1.82, 2.24) is 0 Å². The lowest BCUT2D eigenvalue weighted by Gasteiger charge is -2.30. The van der Waals surface area contributed by atoms with Crippen LogP contribution in [0.3, 0.4) is 0 Å². The molecule has 4 rings (SSSR count). The van der Waals surface area contributed by atoms with E-state index >= 15 is 0 Å². The number of amides is 1. The summed E-state index contributed by atoms with van der Waals surface area (Å²) in [7, 11) is 0. The summed E-state index contributed by atoms with van der Waals surface area (Å²) in [5.41, 5.74) is 10.0. The van der Waals surface area contributed by atoms with E-state index in [0.717, 1.165) is 26.7 Å². The molecule has 0 aliphatic carbocycles. The molecular formula is C22H18IN3O2. The summed E-state index contributed by atoms with van der Waals surface area (Å²) in [6, 6.07) is 18.8. The van der Waals surface area contributed by atoms with Crippen molar-refractivity contribution in [2.24, 2.45) is 5.73 Å². The number of aromatic hydroxyl groups is 1. The van der Waals surface area contributed by atoms with E-state index in [4.69, 9.17) is 11.1 Å². The summed E-state index contributed by atoms with van der Waals surface area (Å²) in [5, 5.41) is 17.5. The first-order valence-electron chi connectivity index (χ1n) is 8.83. The number of nitrogens with one attached hydrogen (secondary N) is 1. The number of fused-ring (bicyclic) bond motifs is 1. The molecule has 3 aromatic carbocycles. The predicted molar refractivity (Wildman–Crippen MR) is 119 cm³/mol. The first kappa shape index (κ1) is 18.5. The van der Waals surface area contributed by atoms with Crippen molar-refractivity contribution in [3.05, 3.63) is 80.9 Å². The Kier molecular flexibility index (Phi) is 4.80. The van der Waals surface area contributed by atoms with Crippen LogP contribution in [0.25, 0.3) is 11.1 Å². The van der Waals surface area contributed by atoms with E-state index in [1.54, 1.807) is 17.0 Å². The van der Waals surface area contributed by atoms with E-state index in [1.807, 2.05) is 42.5 Å². The average Bonchev–Trinajstić information content (AvgIpc) is 2.69. The Morgan fingerprint density at radius 1 is 1.11 bits per heavy atom. The van der Waals surface area contributed by atoms with Crippen molar-refractivity contribution in [2.45, 2.75) is 6.42 Å². The summed E-state index contributed by atoms with van der Waals surface area (Å²) < 4.78 is 1.14. The second kappa shape index (κ2) is 7.27. The Bertz CT molecular complexity index is 1090. The highest BCUT2D eigenvalue weighted by Crippen LogP contribution is 2.34. The Balaban J connectivity index is 1.79. The lowest BCUT2D eigenvalue weighted by Crippen LogP contribution is -2.38. The van der Waals surface area contributed by atoms with Crippen LogP contribution in [0.5, 0.6) is 5.75 Å². The van der Waals surface area contributed by atoms with E-state index in [2.05, 4.69) is 22.6 Å². The fourth-order valence-electron chi connectivity index (χ4n) is 3.55. The highest BCUT2D eigenvalue weighted by Gasteiger charge is 2.28. The second-order valence-corrected chi connectivity index (χ2v) is 7.91. The van der Waals surface area contributed by atoms with Crippen LogP contribution in [0.1, 0.15) is 21.5 Å². The van der Waals surface area contributed by atoms with Crippen LogP contribution >= 0.6 is 22.6 Å². The molecule has 0 saturated carbocycles. The van der Waals surface area contributed by atoms with Crippen molar-refractivity contribution in [2.75, 3.05) is 11.4 Å². The van der Waals surface area contributed by atoms with Gasteiger partial charge in [0.1, 0.15) is 11.6 Å². The fraction of sp³-hybridized carbons (Fsp3) is 0.0909. The Labute approximate surface area is 176 Å². The van der Waals surface area contributed by atoms with Crippen molar-refractivity contribution < 1.29 is 9.90 Å². The molecule has 6 heteroatoms. The van der Waals surface area contributed by atoms with E-state index in [1.165, 1.54) is 6.07 Å². The number of hydrogen-bond donors (Lipinski definition) is 3. The van der Waals surface area contributed by atoms with Crippen molar-refractivity contribution in [1.29, 1.82) is 5.41 Å². The zero-order chi connectivity index (χ0) is 19.8. The maximum absolute atomic E-state index is 13.4. The van der Waals surface area contributed by atoms with Gasteiger partial charge in [-0.25, -0.2) is 0 Å². The number of nitrogens with two attached hydrogens (primary N) is 1. The quantitative estimate of drug-likeness (QED) is 0.297. The number of hydrogen-bond acceptors (Lipinski definition) is 3. The maximum atomic E-state index is 13.4. The van der Waals surface area contributed by atoms with Crippen molar-refractivity contribution >= 4 is 40.0 Å². The van der Waals surface area contributed by atoms with Gasteiger partial charge in [-0.15, -0.1) is 0 Å². The van der Waals surface area contributed by atoms with Crippen LogP contribution in [0.2, 0.25) is 0 Å². The molecule has 28 heavy (non-hydrogen) atoms. The topological polar surface area (TPSA) is 90.4 Å². The van der Waals surface area contributed by atoms with Gasteiger partial charge >= 0.3 is 0 Å². The van der Waals surface area contributed by atoms with Gasteiger partial charge in [0.25, 0.3) is 5.91 Å². The standard InChI is InChI=1S/C22H18IN3O2/c23-15-6-4-13(5-7-15)17-3-1-2-14-10-11-26(22(28)20(14)17)16-8-9-19(27)18(12-16)21(24)25/h1-9,12,27H,10-11H2,(H3,24,25). The number of carbonyl (C=O) groups is 1. The van der Waals surface area contributed by atoms with Gasteiger partial charge in [-0.2, -0.15) is 0 Å². The molecule has 0 radical (unpaired) electrons. The molecular weight excluding hydrogens is 465 g/mol. The number of phenolic OH excluding ortho intramolecular Hbond substituents is 1. The molecule has 1 amide bonds. The van der Waals surface area contributed by atoms with Gasteiger partial charge in [0.2, 0.25) is 0 Å². The maximum Gasteiger partial charge on any atom is 0.259 e. The smallest absolute Gasteiger partial charge is 0.259 e. The van der Waals surface area contributed by atoms with Gasteiger partial charge in [-0.3, -0.25) is 10.2 Å². The third-order valence-corrected chi connectivity index (χ3v) is 5.67. The molecule has 0 aromatic heterocycles. The molecule has 0 unspecified atom stereocenters. The van der Waals surface area contributed by atoms with Gasteiger partial charge in [-0.1, -0.05) is 30.3 Å². The number of carbonyl (C=O) groups excluding carboxylic acids is 1. The zero-order valence-corrected chi connectivity index (χ0v) is 17.1. The van der Waals surface area contributed by atoms with Crippen molar-refractivity contribution in [3.63, 3.8) is 0 Å². The highest BCUT2D eigenvalue weighted by atomic mass is 127. The number of phenols is 1. The highest BCUT2D eigenvalue weighted by molar-refractivity contribution is 14.1. The molecule has 1 aliphatic heterocycles. The van der Waals surface area contributed by atoms with E-state index in [9.17, 15) is 9.90 Å².